The highest BCUT2D eigenvalue weighted by Crippen LogP contribution is 2.25. The maximum atomic E-state index is 12.0. The molecule has 0 aromatic heterocycles. The number of hydrogen-bond acceptors (Lipinski definition) is 4. The Balaban J connectivity index is 2.75. The zero-order chi connectivity index (χ0) is 15.8. The van der Waals surface area contributed by atoms with E-state index in [0.29, 0.717) is 29.2 Å². The van der Waals surface area contributed by atoms with Crippen molar-refractivity contribution in [2.45, 2.75) is 25.8 Å². The van der Waals surface area contributed by atoms with Gasteiger partial charge < -0.3 is 16.4 Å². The fourth-order valence-electron chi connectivity index (χ4n) is 1.55. The molecular weight excluding hydrogens is 310 g/mol. The van der Waals surface area contributed by atoms with Crippen LogP contribution >= 0.6 is 23.4 Å². The van der Waals surface area contributed by atoms with Gasteiger partial charge in [-0.15, -0.1) is 0 Å². The van der Waals surface area contributed by atoms with Crippen LogP contribution in [0.5, 0.6) is 0 Å². The number of nitrogens with one attached hydrogen (secondary N) is 2. The Morgan fingerprint density at radius 3 is 2.71 bits per heavy atom. The van der Waals surface area contributed by atoms with Gasteiger partial charge in [0, 0.05) is 12.1 Å². The van der Waals surface area contributed by atoms with Crippen LogP contribution in [-0.2, 0) is 9.59 Å². The van der Waals surface area contributed by atoms with Crippen LogP contribution in [-0.4, -0.2) is 29.9 Å². The van der Waals surface area contributed by atoms with E-state index in [1.165, 1.54) is 0 Å². The summed E-state index contributed by atoms with van der Waals surface area (Å²) in [5, 5.41) is 5.80. The highest BCUT2D eigenvalue weighted by Gasteiger charge is 2.15. The molecule has 4 N–H and O–H groups in total. The lowest BCUT2D eigenvalue weighted by Crippen LogP contribution is -2.36. The molecule has 116 valence electrons. The van der Waals surface area contributed by atoms with Crippen LogP contribution in [0, 0.1) is 0 Å². The van der Waals surface area contributed by atoms with Crippen LogP contribution in [0.25, 0.3) is 0 Å². The summed E-state index contributed by atoms with van der Waals surface area (Å²) in [6.07, 6.45) is 2.93. The summed E-state index contributed by atoms with van der Waals surface area (Å²) in [6.45, 7) is 1.76. The number of nitrogens with two attached hydrogens (primary N) is 1. The second-order valence-corrected chi connectivity index (χ2v) is 5.87. The first kappa shape index (κ1) is 17.8. The minimum absolute atomic E-state index is 0.105. The largest absolute Gasteiger partial charge is 0.326 e. The van der Waals surface area contributed by atoms with Crippen LogP contribution in [0.4, 0.5) is 11.4 Å². The second kappa shape index (κ2) is 8.92. The Morgan fingerprint density at radius 1 is 1.38 bits per heavy atom. The quantitative estimate of drug-likeness (QED) is 0.718. The molecule has 0 heterocycles. The number of rotatable bonds is 7. The second-order valence-electron chi connectivity index (χ2n) is 4.47. The van der Waals surface area contributed by atoms with E-state index < -0.39 is 6.04 Å². The predicted octanol–water partition coefficient (Wildman–Crippen LogP) is 2.71. The molecule has 0 saturated carbocycles. The fraction of sp³-hybridized carbons (Fsp3) is 0.429. The van der Waals surface area contributed by atoms with E-state index in [-0.39, 0.29) is 11.8 Å². The average Bonchev–Trinajstić information content (AvgIpc) is 2.47. The van der Waals surface area contributed by atoms with Crippen molar-refractivity contribution < 1.29 is 9.59 Å². The van der Waals surface area contributed by atoms with E-state index >= 15 is 0 Å². The van der Waals surface area contributed by atoms with Crippen molar-refractivity contribution in [3.05, 3.63) is 23.2 Å². The average molecular weight is 330 g/mol. The molecule has 1 rings (SSSR count). The van der Waals surface area contributed by atoms with Crippen LogP contribution in [0.1, 0.15) is 19.8 Å². The summed E-state index contributed by atoms with van der Waals surface area (Å²) in [4.78, 5) is 23.3. The molecule has 0 saturated heterocycles. The standard InChI is InChI=1S/C14H20ClN3O2S/c1-3-13(19)17-9-4-5-10(15)12(8-9)18-14(20)11(16)6-7-21-2/h4-5,8,11H,3,6-7,16H2,1-2H3,(H,17,19)(H,18,20)/t11-/m0/s1. The Kier molecular flexibility index (Phi) is 7.56. The minimum Gasteiger partial charge on any atom is -0.326 e. The van der Waals surface area contributed by atoms with Crippen molar-refractivity contribution in [1.82, 2.24) is 0 Å². The summed E-state index contributed by atoms with van der Waals surface area (Å²) in [7, 11) is 0. The first-order valence-corrected chi connectivity index (χ1v) is 8.39. The van der Waals surface area contributed by atoms with Gasteiger partial charge >= 0.3 is 0 Å². The smallest absolute Gasteiger partial charge is 0.241 e. The molecule has 0 fully saturated rings. The molecule has 0 unspecified atom stereocenters. The number of carbonyl (C=O) groups is 2. The van der Waals surface area contributed by atoms with Crippen molar-refractivity contribution >= 4 is 46.6 Å². The SMILES string of the molecule is CCC(=O)Nc1ccc(Cl)c(NC(=O)[C@@H](N)CCSC)c1. The summed E-state index contributed by atoms with van der Waals surface area (Å²) in [5.41, 5.74) is 6.83. The van der Waals surface area contributed by atoms with E-state index in [1.54, 1.807) is 36.9 Å². The molecule has 0 radical (unpaired) electrons. The Labute approximate surface area is 134 Å². The minimum atomic E-state index is -0.581. The predicted molar refractivity (Wildman–Crippen MR) is 90.0 cm³/mol. The summed E-state index contributed by atoms with van der Waals surface area (Å²) >= 11 is 7.68. The highest BCUT2D eigenvalue weighted by atomic mass is 35.5. The number of hydrogen-bond donors (Lipinski definition) is 3. The zero-order valence-corrected chi connectivity index (χ0v) is 13.7. The number of anilines is 2. The van der Waals surface area contributed by atoms with E-state index in [1.807, 2.05) is 6.26 Å². The normalized spacial score (nSPS) is 11.8. The van der Waals surface area contributed by atoms with Crippen molar-refractivity contribution in [2.75, 3.05) is 22.6 Å². The third-order valence-electron chi connectivity index (χ3n) is 2.80. The Bertz CT molecular complexity index is 511. The molecule has 0 aliphatic heterocycles. The molecule has 0 spiro atoms. The molecule has 0 aliphatic carbocycles. The molecule has 2 amide bonds. The first-order valence-electron chi connectivity index (χ1n) is 6.62. The van der Waals surface area contributed by atoms with Crippen LogP contribution < -0.4 is 16.4 Å². The molecule has 7 heteroatoms. The summed E-state index contributed by atoms with van der Waals surface area (Å²) < 4.78 is 0. The fourth-order valence-corrected chi connectivity index (χ4v) is 2.20. The van der Waals surface area contributed by atoms with Crippen molar-refractivity contribution in [1.29, 1.82) is 0 Å². The molecule has 1 aromatic carbocycles. The molecule has 21 heavy (non-hydrogen) atoms. The van der Waals surface area contributed by atoms with Gasteiger partial charge in [-0.2, -0.15) is 11.8 Å². The monoisotopic (exact) mass is 329 g/mol. The highest BCUT2D eigenvalue weighted by molar-refractivity contribution is 7.98. The van der Waals surface area contributed by atoms with Crippen LogP contribution in [0.15, 0.2) is 18.2 Å². The van der Waals surface area contributed by atoms with Gasteiger partial charge in [0.05, 0.1) is 16.8 Å². The lowest BCUT2D eigenvalue weighted by molar-refractivity contribution is -0.117. The van der Waals surface area contributed by atoms with Gasteiger partial charge in [-0.05, 0) is 36.6 Å². The van der Waals surface area contributed by atoms with E-state index in [9.17, 15) is 9.59 Å². The lowest BCUT2D eigenvalue weighted by Gasteiger charge is -2.14. The number of benzene rings is 1. The molecular formula is C14H20ClN3O2S. The summed E-state index contributed by atoms with van der Waals surface area (Å²) in [6, 6.07) is 4.34. The van der Waals surface area contributed by atoms with Gasteiger partial charge in [0.15, 0.2) is 0 Å². The topological polar surface area (TPSA) is 84.2 Å². The van der Waals surface area contributed by atoms with E-state index in [0.717, 1.165) is 5.75 Å². The zero-order valence-electron chi connectivity index (χ0n) is 12.1. The van der Waals surface area contributed by atoms with E-state index in [4.69, 9.17) is 17.3 Å². The third-order valence-corrected chi connectivity index (χ3v) is 3.77. The molecule has 0 aliphatic rings. The number of carbonyl (C=O) groups excluding carboxylic acids is 2. The van der Waals surface area contributed by atoms with E-state index in [2.05, 4.69) is 10.6 Å². The maximum Gasteiger partial charge on any atom is 0.241 e. The summed E-state index contributed by atoms with van der Waals surface area (Å²) in [5.74, 6) is 0.422. The molecule has 0 bridgehead atoms. The van der Waals surface area contributed by atoms with Gasteiger partial charge in [0.2, 0.25) is 11.8 Å². The molecule has 5 nitrogen and oxygen atoms in total. The molecule has 1 atom stereocenters. The van der Waals surface area contributed by atoms with Crippen molar-refractivity contribution in [2.24, 2.45) is 5.73 Å². The first-order chi connectivity index (χ1) is 9.97. The lowest BCUT2D eigenvalue weighted by atomic mass is 10.2. The number of thioether (sulfide) groups is 1. The number of halogens is 1. The van der Waals surface area contributed by atoms with Gasteiger partial charge in [0.25, 0.3) is 0 Å². The van der Waals surface area contributed by atoms with Crippen molar-refractivity contribution in [3.8, 4) is 0 Å². The van der Waals surface area contributed by atoms with Gasteiger partial charge in [-0.25, -0.2) is 0 Å². The maximum absolute atomic E-state index is 12.0. The van der Waals surface area contributed by atoms with Crippen LogP contribution in [0.3, 0.4) is 0 Å². The molecule has 1 aromatic rings. The number of amides is 2. The van der Waals surface area contributed by atoms with Gasteiger partial charge in [0.1, 0.15) is 0 Å². The van der Waals surface area contributed by atoms with Crippen LogP contribution in [0.2, 0.25) is 5.02 Å². The Hall–Kier alpha value is -1.24. The van der Waals surface area contributed by atoms with Crippen molar-refractivity contribution in [3.63, 3.8) is 0 Å². The van der Waals surface area contributed by atoms with Gasteiger partial charge in [-0.3, -0.25) is 9.59 Å². The Morgan fingerprint density at radius 2 is 2.10 bits per heavy atom. The third kappa shape index (κ3) is 5.95. The van der Waals surface area contributed by atoms with Gasteiger partial charge in [-0.1, -0.05) is 18.5 Å².